The van der Waals surface area contributed by atoms with Gasteiger partial charge in [-0.05, 0) is 0 Å². The van der Waals surface area contributed by atoms with Gasteiger partial charge in [-0.25, -0.2) is 8.96 Å². The molecule has 1 heterocycles. The van der Waals surface area contributed by atoms with Gasteiger partial charge in [0.1, 0.15) is 6.21 Å². The second-order valence-corrected chi connectivity index (χ2v) is 6.20. The van der Waals surface area contributed by atoms with E-state index in [9.17, 15) is 8.42 Å². The average Bonchev–Trinajstić information content (AvgIpc) is 2.85. The van der Waals surface area contributed by atoms with Gasteiger partial charge in [-0.15, -0.1) is 0 Å². The third-order valence-electron chi connectivity index (χ3n) is 2.65. The minimum absolute atomic E-state index is 0.0278. The summed E-state index contributed by atoms with van der Waals surface area (Å²) in [5.74, 6) is 0.0278. The van der Waals surface area contributed by atoms with E-state index in [1.165, 1.54) is 20.3 Å². The molecule has 0 unspecified atom stereocenters. The Morgan fingerprint density at radius 1 is 1.30 bits per heavy atom. The number of benzene rings is 1. The zero-order valence-electron chi connectivity index (χ0n) is 11.0. The Hall–Kier alpha value is -2.19. The van der Waals surface area contributed by atoms with Crippen molar-refractivity contribution < 1.29 is 13.6 Å². The standard InChI is InChI=1S/C12H14N4O3S/c1-15(2)20(18,19)16-9-11(14-12(16)8-13-17)10-6-4-3-5-7-10/h3-9,17H,1-2H3/b13-8-. The lowest BCUT2D eigenvalue weighted by Gasteiger charge is -2.12. The van der Waals surface area contributed by atoms with Crippen LogP contribution in [0.1, 0.15) is 5.82 Å². The lowest BCUT2D eigenvalue weighted by Crippen LogP contribution is -2.29. The van der Waals surface area contributed by atoms with Gasteiger partial charge in [0, 0.05) is 19.7 Å². The first-order valence-corrected chi connectivity index (χ1v) is 7.12. The van der Waals surface area contributed by atoms with E-state index in [-0.39, 0.29) is 5.82 Å². The van der Waals surface area contributed by atoms with Gasteiger partial charge in [0.15, 0.2) is 5.82 Å². The Morgan fingerprint density at radius 3 is 2.50 bits per heavy atom. The van der Waals surface area contributed by atoms with Gasteiger partial charge in [0.05, 0.1) is 11.9 Å². The molecule has 0 spiro atoms. The van der Waals surface area contributed by atoms with Crippen LogP contribution in [-0.4, -0.2) is 47.2 Å². The van der Waals surface area contributed by atoms with Crippen LogP contribution in [0.2, 0.25) is 0 Å². The Kier molecular flexibility index (Phi) is 3.86. The van der Waals surface area contributed by atoms with E-state index in [4.69, 9.17) is 5.21 Å². The second-order valence-electron chi connectivity index (χ2n) is 4.18. The van der Waals surface area contributed by atoms with Gasteiger partial charge in [-0.2, -0.15) is 12.7 Å². The highest BCUT2D eigenvalue weighted by Gasteiger charge is 2.21. The molecule has 0 atom stereocenters. The molecule has 20 heavy (non-hydrogen) atoms. The molecule has 1 N–H and O–H groups in total. The molecule has 0 radical (unpaired) electrons. The molecule has 0 aliphatic carbocycles. The Balaban J connectivity index is 2.61. The predicted molar refractivity (Wildman–Crippen MR) is 75.0 cm³/mol. The summed E-state index contributed by atoms with van der Waals surface area (Å²) in [6.45, 7) is 0. The van der Waals surface area contributed by atoms with E-state index in [0.29, 0.717) is 5.69 Å². The van der Waals surface area contributed by atoms with Crippen LogP contribution in [-0.2, 0) is 10.2 Å². The number of oxime groups is 1. The van der Waals surface area contributed by atoms with Crippen LogP contribution in [0, 0.1) is 0 Å². The fraction of sp³-hybridized carbons (Fsp3) is 0.167. The first kappa shape index (κ1) is 14.2. The van der Waals surface area contributed by atoms with Crippen molar-refractivity contribution in [2.45, 2.75) is 0 Å². The van der Waals surface area contributed by atoms with Crippen LogP contribution in [0.4, 0.5) is 0 Å². The van der Waals surface area contributed by atoms with E-state index in [1.807, 2.05) is 30.3 Å². The van der Waals surface area contributed by atoms with Crippen LogP contribution < -0.4 is 0 Å². The first-order chi connectivity index (χ1) is 9.46. The monoisotopic (exact) mass is 294 g/mol. The molecule has 8 heteroatoms. The molecule has 0 aliphatic heterocycles. The lowest BCUT2D eigenvalue weighted by atomic mass is 10.2. The molecule has 0 amide bonds. The molecule has 0 saturated carbocycles. The molecule has 0 bridgehead atoms. The van der Waals surface area contributed by atoms with Gasteiger partial charge >= 0.3 is 10.2 Å². The zero-order chi connectivity index (χ0) is 14.8. The fourth-order valence-electron chi connectivity index (χ4n) is 1.62. The molecule has 0 saturated heterocycles. The van der Waals surface area contributed by atoms with Gasteiger partial charge < -0.3 is 5.21 Å². The predicted octanol–water partition coefficient (Wildman–Crippen LogP) is 1.01. The summed E-state index contributed by atoms with van der Waals surface area (Å²) in [5.41, 5.74) is 1.25. The van der Waals surface area contributed by atoms with Crippen LogP contribution >= 0.6 is 0 Å². The molecule has 106 valence electrons. The topological polar surface area (TPSA) is 87.8 Å². The third kappa shape index (κ3) is 2.56. The quantitative estimate of drug-likeness (QED) is 0.518. The second kappa shape index (κ2) is 5.43. The number of aromatic nitrogens is 2. The summed E-state index contributed by atoms with van der Waals surface area (Å²) < 4.78 is 26.4. The molecule has 0 fully saturated rings. The van der Waals surface area contributed by atoms with Crippen molar-refractivity contribution in [1.82, 2.24) is 13.3 Å². The number of nitrogens with zero attached hydrogens (tertiary/aromatic N) is 4. The van der Waals surface area contributed by atoms with Crippen molar-refractivity contribution in [3.05, 3.63) is 42.4 Å². The van der Waals surface area contributed by atoms with Gasteiger partial charge in [0.25, 0.3) is 0 Å². The van der Waals surface area contributed by atoms with E-state index < -0.39 is 10.2 Å². The number of rotatable bonds is 4. The number of hydrogen-bond donors (Lipinski definition) is 1. The molecule has 0 aliphatic rings. The van der Waals surface area contributed by atoms with Crippen molar-refractivity contribution in [3.63, 3.8) is 0 Å². The van der Waals surface area contributed by atoms with Gasteiger partial charge in [-0.3, -0.25) is 0 Å². The summed E-state index contributed by atoms with van der Waals surface area (Å²) in [6, 6.07) is 9.14. The van der Waals surface area contributed by atoms with E-state index in [1.54, 1.807) is 0 Å². The summed E-state index contributed by atoms with van der Waals surface area (Å²) in [5, 5.41) is 11.5. The van der Waals surface area contributed by atoms with Crippen LogP contribution in [0.3, 0.4) is 0 Å². The summed E-state index contributed by atoms with van der Waals surface area (Å²) >= 11 is 0. The number of imidazole rings is 1. The third-order valence-corrected chi connectivity index (χ3v) is 4.37. The van der Waals surface area contributed by atoms with Crippen LogP contribution in [0.25, 0.3) is 11.3 Å². The van der Waals surface area contributed by atoms with Crippen molar-refractivity contribution in [2.24, 2.45) is 5.16 Å². The van der Waals surface area contributed by atoms with Gasteiger partial charge in [0.2, 0.25) is 0 Å². The molecule has 1 aromatic carbocycles. The van der Waals surface area contributed by atoms with E-state index in [2.05, 4.69) is 10.1 Å². The maximum Gasteiger partial charge on any atom is 0.308 e. The highest BCUT2D eigenvalue weighted by Crippen LogP contribution is 2.19. The number of hydrogen-bond acceptors (Lipinski definition) is 5. The summed E-state index contributed by atoms with van der Waals surface area (Å²) in [7, 11) is -0.904. The molecule has 2 aromatic rings. The molecule has 2 rings (SSSR count). The Morgan fingerprint density at radius 2 is 1.95 bits per heavy atom. The first-order valence-electron chi connectivity index (χ1n) is 5.72. The maximum atomic E-state index is 12.2. The van der Waals surface area contributed by atoms with Crippen molar-refractivity contribution >= 4 is 16.4 Å². The minimum atomic E-state index is -3.73. The average molecular weight is 294 g/mol. The van der Waals surface area contributed by atoms with Crippen LogP contribution in [0.5, 0.6) is 0 Å². The highest BCUT2D eigenvalue weighted by atomic mass is 32.2. The smallest absolute Gasteiger partial charge is 0.308 e. The van der Waals surface area contributed by atoms with Crippen molar-refractivity contribution in [1.29, 1.82) is 0 Å². The SMILES string of the molecule is CN(C)S(=O)(=O)n1cc(-c2ccccc2)nc1/C=N\O. The molecule has 1 aromatic heterocycles. The maximum absolute atomic E-state index is 12.2. The summed E-state index contributed by atoms with van der Waals surface area (Å²) in [4.78, 5) is 4.17. The summed E-state index contributed by atoms with van der Waals surface area (Å²) in [6.07, 6.45) is 2.37. The van der Waals surface area contributed by atoms with Crippen molar-refractivity contribution in [3.8, 4) is 11.3 Å². The van der Waals surface area contributed by atoms with E-state index in [0.717, 1.165) is 20.1 Å². The normalized spacial score (nSPS) is 12.3. The van der Waals surface area contributed by atoms with Gasteiger partial charge in [-0.1, -0.05) is 35.5 Å². The largest absolute Gasteiger partial charge is 0.411 e. The van der Waals surface area contributed by atoms with E-state index >= 15 is 0 Å². The molecular weight excluding hydrogens is 280 g/mol. The Labute approximate surface area is 117 Å². The molecule has 7 nitrogen and oxygen atoms in total. The fourth-order valence-corrected chi connectivity index (χ4v) is 2.53. The molecular formula is C12H14N4O3S. The van der Waals surface area contributed by atoms with Crippen LogP contribution in [0.15, 0.2) is 41.7 Å². The Bertz CT molecular complexity index is 720. The van der Waals surface area contributed by atoms with Crippen molar-refractivity contribution in [2.75, 3.05) is 14.1 Å². The highest BCUT2D eigenvalue weighted by molar-refractivity contribution is 7.87. The lowest BCUT2D eigenvalue weighted by molar-refractivity contribution is 0.321. The minimum Gasteiger partial charge on any atom is -0.411 e. The zero-order valence-corrected chi connectivity index (χ0v) is 11.8.